The van der Waals surface area contributed by atoms with Crippen LogP contribution in [0.15, 0.2) is 0 Å². The molecule has 0 bridgehead atoms. The van der Waals surface area contributed by atoms with Crippen LogP contribution in [-0.4, -0.2) is 50.5 Å². The molecule has 21 heavy (non-hydrogen) atoms. The van der Waals surface area contributed by atoms with Crippen LogP contribution in [0, 0.1) is 6.92 Å². The Labute approximate surface area is 125 Å². The molecule has 0 saturated heterocycles. The van der Waals surface area contributed by atoms with Crippen molar-refractivity contribution in [3.8, 4) is 0 Å². The quantitative estimate of drug-likeness (QED) is 0.785. The number of likely N-dealkylation sites (N-methyl/N-ethyl adjacent to an activating group) is 1. The van der Waals surface area contributed by atoms with E-state index < -0.39 is 11.6 Å². The van der Waals surface area contributed by atoms with Crippen molar-refractivity contribution in [2.24, 2.45) is 0 Å². The molecule has 0 aromatic carbocycles. The Bertz CT molecular complexity index is 529. The van der Waals surface area contributed by atoms with Crippen molar-refractivity contribution in [3.05, 3.63) is 11.4 Å². The molecule has 0 aliphatic carbocycles. The first-order chi connectivity index (χ1) is 9.53. The number of rotatable bonds is 4. The van der Waals surface area contributed by atoms with Gasteiger partial charge in [-0.2, -0.15) is 0 Å². The van der Waals surface area contributed by atoms with Gasteiger partial charge in [0.1, 0.15) is 12.1 Å². The number of carbonyl (C=O) groups is 2. The molecule has 0 aliphatic heterocycles. The highest BCUT2D eigenvalue weighted by molar-refractivity contribution is 5.88. The Morgan fingerprint density at radius 3 is 2.38 bits per heavy atom. The topological polar surface area (TPSA) is 77.3 Å². The van der Waals surface area contributed by atoms with E-state index in [0.717, 1.165) is 0 Å². The minimum absolute atomic E-state index is 0.0519. The highest BCUT2D eigenvalue weighted by Crippen LogP contribution is 2.13. The first kappa shape index (κ1) is 17.1. The molecule has 0 saturated carbocycles. The fourth-order valence-electron chi connectivity index (χ4n) is 1.55. The van der Waals surface area contributed by atoms with Gasteiger partial charge in [0.25, 0.3) is 0 Å². The third-order valence-corrected chi connectivity index (χ3v) is 3.03. The Morgan fingerprint density at radius 2 is 1.90 bits per heavy atom. The maximum atomic E-state index is 12.0. The molecule has 0 fully saturated rings. The second-order valence-corrected chi connectivity index (χ2v) is 6.28. The molecule has 7 heteroatoms. The fourth-order valence-corrected chi connectivity index (χ4v) is 1.55. The van der Waals surface area contributed by atoms with E-state index in [0.29, 0.717) is 5.69 Å². The lowest BCUT2D eigenvalue weighted by molar-refractivity contribution is -0.132. The molecular formula is C14H24N4O3. The zero-order valence-corrected chi connectivity index (χ0v) is 13.8. The van der Waals surface area contributed by atoms with E-state index in [1.807, 2.05) is 13.8 Å². The second-order valence-electron chi connectivity index (χ2n) is 6.28. The van der Waals surface area contributed by atoms with Crippen molar-refractivity contribution in [2.45, 2.75) is 59.7 Å². The van der Waals surface area contributed by atoms with Crippen LogP contribution in [0.25, 0.3) is 0 Å². The number of amides is 1. The van der Waals surface area contributed by atoms with Gasteiger partial charge in [-0.25, -0.2) is 9.48 Å². The zero-order valence-electron chi connectivity index (χ0n) is 13.8. The Kier molecular flexibility index (Phi) is 5.09. The number of hydrogen-bond donors (Lipinski definition) is 0. The second kappa shape index (κ2) is 6.24. The number of esters is 1. The average molecular weight is 296 g/mol. The van der Waals surface area contributed by atoms with Gasteiger partial charge in [0.2, 0.25) is 5.91 Å². The highest BCUT2D eigenvalue weighted by atomic mass is 16.6. The molecule has 0 aliphatic rings. The number of aromatic nitrogens is 3. The molecular weight excluding hydrogens is 272 g/mol. The van der Waals surface area contributed by atoms with E-state index in [1.54, 1.807) is 39.6 Å². The molecule has 1 aromatic heterocycles. The molecule has 1 aromatic rings. The van der Waals surface area contributed by atoms with Gasteiger partial charge in [-0.3, -0.25) is 4.79 Å². The Balaban J connectivity index is 2.85. The van der Waals surface area contributed by atoms with Crippen molar-refractivity contribution >= 4 is 11.9 Å². The number of ether oxygens (including phenoxy) is 1. The normalized spacial score (nSPS) is 11.6. The van der Waals surface area contributed by atoms with Gasteiger partial charge in [-0.05, 0) is 41.5 Å². The largest absolute Gasteiger partial charge is 0.455 e. The van der Waals surface area contributed by atoms with Gasteiger partial charge in [0, 0.05) is 13.1 Å². The van der Waals surface area contributed by atoms with Gasteiger partial charge >= 0.3 is 5.97 Å². The summed E-state index contributed by atoms with van der Waals surface area (Å²) in [5.74, 6) is -0.621. The maximum Gasteiger partial charge on any atom is 0.361 e. The molecule has 0 spiro atoms. The van der Waals surface area contributed by atoms with Crippen LogP contribution in [0.1, 0.15) is 50.8 Å². The minimum atomic E-state index is -0.596. The van der Waals surface area contributed by atoms with Gasteiger partial charge < -0.3 is 9.64 Å². The summed E-state index contributed by atoms with van der Waals surface area (Å²) in [6, 6.07) is 0.103. The van der Waals surface area contributed by atoms with Gasteiger partial charge in [-0.1, -0.05) is 5.21 Å². The summed E-state index contributed by atoms with van der Waals surface area (Å²) in [7, 11) is 1.73. The molecule has 0 atom stereocenters. The molecule has 0 radical (unpaired) electrons. The van der Waals surface area contributed by atoms with E-state index in [-0.39, 0.29) is 24.2 Å². The Morgan fingerprint density at radius 1 is 1.33 bits per heavy atom. The molecule has 118 valence electrons. The van der Waals surface area contributed by atoms with Crippen LogP contribution < -0.4 is 0 Å². The summed E-state index contributed by atoms with van der Waals surface area (Å²) in [6.07, 6.45) is 0. The smallest absolute Gasteiger partial charge is 0.361 e. The summed E-state index contributed by atoms with van der Waals surface area (Å²) >= 11 is 0. The van der Waals surface area contributed by atoms with E-state index in [4.69, 9.17) is 4.74 Å². The van der Waals surface area contributed by atoms with Crippen LogP contribution in [0.5, 0.6) is 0 Å². The summed E-state index contributed by atoms with van der Waals surface area (Å²) in [6.45, 7) is 11.0. The lowest BCUT2D eigenvalue weighted by Gasteiger charge is -2.21. The molecule has 1 rings (SSSR count). The van der Waals surface area contributed by atoms with Crippen LogP contribution >= 0.6 is 0 Å². The summed E-state index contributed by atoms with van der Waals surface area (Å²) in [5.41, 5.74) is 0.0701. The number of hydrogen-bond acceptors (Lipinski definition) is 5. The van der Waals surface area contributed by atoms with Crippen molar-refractivity contribution in [1.29, 1.82) is 0 Å². The van der Waals surface area contributed by atoms with Gasteiger partial charge in [-0.15, -0.1) is 5.10 Å². The van der Waals surface area contributed by atoms with Gasteiger partial charge in [0.15, 0.2) is 5.69 Å². The highest BCUT2D eigenvalue weighted by Gasteiger charge is 2.24. The lowest BCUT2D eigenvalue weighted by Crippen LogP contribution is -2.36. The molecule has 7 nitrogen and oxygen atoms in total. The third kappa shape index (κ3) is 4.54. The van der Waals surface area contributed by atoms with Crippen molar-refractivity contribution in [3.63, 3.8) is 0 Å². The zero-order chi connectivity index (χ0) is 16.4. The lowest BCUT2D eigenvalue weighted by atomic mass is 10.2. The van der Waals surface area contributed by atoms with Crippen LogP contribution in [0.4, 0.5) is 0 Å². The molecule has 0 N–H and O–H groups in total. The van der Waals surface area contributed by atoms with E-state index in [9.17, 15) is 9.59 Å². The summed E-state index contributed by atoms with van der Waals surface area (Å²) in [5, 5.41) is 7.69. The number of carbonyl (C=O) groups excluding carboxylic acids is 2. The predicted molar refractivity (Wildman–Crippen MR) is 77.8 cm³/mol. The van der Waals surface area contributed by atoms with Crippen molar-refractivity contribution in [1.82, 2.24) is 19.9 Å². The molecule has 0 unspecified atom stereocenters. The first-order valence-corrected chi connectivity index (χ1v) is 6.92. The van der Waals surface area contributed by atoms with E-state index in [1.165, 1.54) is 4.68 Å². The number of nitrogens with zero attached hydrogens (tertiary/aromatic N) is 4. The van der Waals surface area contributed by atoms with E-state index >= 15 is 0 Å². The monoisotopic (exact) mass is 296 g/mol. The fraction of sp³-hybridized carbons (Fsp3) is 0.714. The van der Waals surface area contributed by atoms with E-state index in [2.05, 4.69) is 10.3 Å². The molecule has 1 amide bonds. The predicted octanol–water partition coefficient (Wildman–Crippen LogP) is 1.41. The van der Waals surface area contributed by atoms with Crippen LogP contribution in [0.2, 0.25) is 0 Å². The summed E-state index contributed by atoms with van der Waals surface area (Å²) in [4.78, 5) is 25.6. The first-order valence-electron chi connectivity index (χ1n) is 6.92. The minimum Gasteiger partial charge on any atom is -0.455 e. The van der Waals surface area contributed by atoms with Crippen molar-refractivity contribution < 1.29 is 14.3 Å². The van der Waals surface area contributed by atoms with Gasteiger partial charge in [0.05, 0.1) is 5.69 Å². The maximum absolute atomic E-state index is 12.0. The Hall–Kier alpha value is -1.92. The average Bonchev–Trinajstić information content (AvgIpc) is 2.67. The standard InChI is InChI=1S/C14H24N4O3/c1-9(2)17(7)11(19)8-18-10(3)12(15-16-18)13(20)21-14(4,5)6/h9H,8H2,1-7H3. The van der Waals surface area contributed by atoms with Crippen molar-refractivity contribution in [2.75, 3.05) is 7.05 Å². The third-order valence-electron chi connectivity index (χ3n) is 3.03. The molecule has 1 heterocycles. The SMILES string of the molecule is Cc1c(C(=O)OC(C)(C)C)nnn1CC(=O)N(C)C(C)C. The van der Waals surface area contributed by atoms with Crippen LogP contribution in [-0.2, 0) is 16.1 Å². The summed E-state index contributed by atoms with van der Waals surface area (Å²) < 4.78 is 6.68. The van der Waals surface area contributed by atoms with Crippen LogP contribution in [0.3, 0.4) is 0 Å².